The summed E-state index contributed by atoms with van der Waals surface area (Å²) in [5.74, 6) is 0.832. The highest BCUT2D eigenvalue weighted by atomic mass is 16.2. The number of benzene rings is 2. The molecule has 150 valence electrons. The molecule has 0 spiro atoms. The van der Waals surface area contributed by atoms with Crippen molar-refractivity contribution in [3.63, 3.8) is 0 Å². The van der Waals surface area contributed by atoms with Crippen molar-refractivity contribution in [2.45, 2.75) is 39.9 Å². The van der Waals surface area contributed by atoms with E-state index < -0.39 is 0 Å². The standard InChI is InChI=1S/C22H25N5O2/c1-14(2)23-22(29)16-4-9-20-19(12-16)25-21-13-26(10-11-27(20)21)18-7-5-17(6-8-18)24-15(3)28/h4-9,12,14H,10-11,13H2,1-3H3,(H,23,29)(H,24,28). The average molecular weight is 391 g/mol. The van der Waals surface area contributed by atoms with Crippen molar-refractivity contribution in [2.75, 3.05) is 16.8 Å². The fraction of sp³-hybridized carbons (Fsp3) is 0.318. The number of aromatic nitrogens is 2. The summed E-state index contributed by atoms with van der Waals surface area (Å²) in [4.78, 5) is 30.5. The third-order valence-electron chi connectivity index (χ3n) is 4.99. The normalized spacial score (nSPS) is 13.4. The molecular formula is C22H25N5O2. The monoisotopic (exact) mass is 391 g/mol. The van der Waals surface area contributed by atoms with Crippen LogP contribution in [-0.4, -0.2) is 34.0 Å². The van der Waals surface area contributed by atoms with Gasteiger partial charge in [-0.1, -0.05) is 0 Å². The predicted octanol–water partition coefficient (Wildman–Crippen LogP) is 3.15. The fourth-order valence-electron chi connectivity index (χ4n) is 3.69. The molecular weight excluding hydrogens is 366 g/mol. The van der Waals surface area contributed by atoms with Gasteiger partial charge in [-0.3, -0.25) is 9.59 Å². The van der Waals surface area contributed by atoms with E-state index in [1.807, 2.05) is 56.3 Å². The number of rotatable bonds is 4. The van der Waals surface area contributed by atoms with Gasteiger partial charge in [-0.05, 0) is 56.3 Å². The van der Waals surface area contributed by atoms with Crippen LogP contribution in [0, 0.1) is 0 Å². The van der Waals surface area contributed by atoms with E-state index in [9.17, 15) is 9.59 Å². The number of carbonyl (C=O) groups excluding carboxylic acids is 2. The van der Waals surface area contributed by atoms with Gasteiger partial charge in [0.05, 0.1) is 17.6 Å². The number of fused-ring (bicyclic) bond motifs is 3. The Morgan fingerprint density at radius 1 is 1.07 bits per heavy atom. The van der Waals surface area contributed by atoms with E-state index in [4.69, 9.17) is 4.98 Å². The maximum absolute atomic E-state index is 12.3. The molecule has 0 unspecified atom stereocenters. The van der Waals surface area contributed by atoms with Crippen molar-refractivity contribution < 1.29 is 9.59 Å². The molecule has 1 aliphatic heterocycles. The number of nitrogens with zero attached hydrogens (tertiary/aromatic N) is 3. The van der Waals surface area contributed by atoms with Gasteiger partial charge in [0.1, 0.15) is 5.82 Å². The van der Waals surface area contributed by atoms with E-state index >= 15 is 0 Å². The van der Waals surface area contributed by atoms with Crippen molar-refractivity contribution >= 4 is 34.2 Å². The minimum atomic E-state index is -0.0779. The van der Waals surface area contributed by atoms with Crippen LogP contribution in [0.5, 0.6) is 0 Å². The molecule has 1 aliphatic rings. The molecule has 2 aromatic carbocycles. The Hall–Kier alpha value is -3.35. The van der Waals surface area contributed by atoms with Crippen LogP contribution in [0.2, 0.25) is 0 Å². The van der Waals surface area contributed by atoms with Gasteiger partial charge < -0.3 is 20.1 Å². The first kappa shape index (κ1) is 19.0. The molecule has 0 saturated heterocycles. The fourth-order valence-corrected chi connectivity index (χ4v) is 3.69. The van der Waals surface area contributed by atoms with Crippen molar-refractivity contribution in [3.05, 3.63) is 53.9 Å². The van der Waals surface area contributed by atoms with Crippen molar-refractivity contribution in [2.24, 2.45) is 0 Å². The SMILES string of the molecule is CC(=O)Nc1ccc(N2CCn3c(nc4cc(C(=O)NC(C)C)ccc43)C2)cc1. The number of anilines is 2. The van der Waals surface area contributed by atoms with Crippen LogP contribution in [0.1, 0.15) is 37.0 Å². The molecule has 2 amide bonds. The van der Waals surface area contributed by atoms with E-state index in [0.29, 0.717) is 12.1 Å². The third kappa shape index (κ3) is 3.94. The van der Waals surface area contributed by atoms with Crippen LogP contribution in [0.25, 0.3) is 11.0 Å². The van der Waals surface area contributed by atoms with Gasteiger partial charge in [0.15, 0.2) is 0 Å². The maximum atomic E-state index is 12.3. The number of carbonyl (C=O) groups is 2. The van der Waals surface area contributed by atoms with E-state index in [-0.39, 0.29) is 17.9 Å². The molecule has 0 aliphatic carbocycles. The van der Waals surface area contributed by atoms with Crippen molar-refractivity contribution in [3.8, 4) is 0 Å². The Bertz CT molecular complexity index is 1070. The Morgan fingerprint density at radius 2 is 1.83 bits per heavy atom. The van der Waals surface area contributed by atoms with Crippen molar-refractivity contribution in [1.82, 2.24) is 14.9 Å². The zero-order chi connectivity index (χ0) is 20.5. The summed E-state index contributed by atoms with van der Waals surface area (Å²) < 4.78 is 2.22. The second-order valence-electron chi connectivity index (χ2n) is 7.66. The largest absolute Gasteiger partial charge is 0.362 e. The Balaban J connectivity index is 1.56. The molecule has 0 bridgehead atoms. The van der Waals surface area contributed by atoms with Crippen LogP contribution in [-0.2, 0) is 17.9 Å². The second kappa shape index (κ2) is 7.58. The quantitative estimate of drug-likeness (QED) is 0.716. The molecule has 29 heavy (non-hydrogen) atoms. The molecule has 0 saturated carbocycles. The predicted molar refractivity (Wildman–Crippen MR) is 114 cm³/mol. The first-order chi connectivity index (χ1) is 13.9. The average Bonchev–Trinajstić information content (AvgIpc) is 3.04. The van der Waals surface area contributed by atoms with Gasteiger partial charge in [-0.15, -0.1) is 0 Å². The highest BCUT2D eigenvalue weighted by Gasteiger charge is 2.21. The number of imidazole rings is 1. The number of hydrogen-bond acceptors (Lipinski definition) is 4. The molecule has 1 aromatic heterocycles. The summed E-state index contributed by atoms with van der Waals surface area (Å²) in [6.45, 7) is 7.79. The first-order valence-electron chi connectivity index (χ1n) is 9.83. The lowest BCUT2D eigenvalue weighted by Gasteiger charge is -2.30. The Morgan fingerprint density at radius 3 is 2.52 bits per heavy atom. The molecule has 0 radical (unpaired) electrons. The highest BCUT2D eigenvalue weighted by molar-refractivity contribution is 5.97. The third-order valence-corrected chi connectivity index (χ3v) is 4.99. The maximum Gasteiger partial charge on any atom is 0.251 e. The molecule has 4 rings (SSSR count). The van der Waals surface area contributed by atoms with Gasteiger partial charge in [0, 0.05) is 43.0 Å². The topological polar surface area (TPSA) is 79.3 Å². The van der Waals surface area contributed by atoms with Gasteiger partial charge in [-0.2, -0.15) is 0 Å². The zero-order valence-electron chi connectivity index (χ0n) is 16.9. The second-order valence-corrected chi connectivity index (χ2v) is 7.66. The lowest BCUT2D eigenvalue weighted by molar-refractivity contribution is -0.114. The molecule has 3 aromatic rings. The zero-order valence-corrected chi connectivity index (χ0v) is 16.9. The van der Waals surface area contributed by atoms with E-state index in [2.05, 4.69) is 20.1 Å². The summed E-state index contributed by atoms with van der Waals surface area (Å²) in [6.07, 6.45) is 0. The Labute approximate surface area is 169 Å². The lowest BCUT2D eigenvalue weighted by Crippen LogP contribution is -2.33. The molecule has 2 heterocycles. The number of hydrogen-bond donors (Lipinski definition) is 2. The highest BCUT2D eigenvalue weighted by Crippen LogP contribution is 2.26. The molecule has 0 fully saturated rings. The summed E-state index contributed by atoms with van der Waals surface area (Å²) in [5, 5.41) is 5.71. The van der Waals surface area contributed by atoms with Gasteiger partial charge in [-0.25, -0.2) is 4.98 Å². The minimum absolute atomic E-state index is 0.0752. The Kier molecular flexibility index (Phi) is 4.96. The van der Waals surface area contributed by atoms with Crippen LogP contribution in [0.4, 0.5) is 11.4 Å². The number of amides is 2. The molecule has 2 N–H and O–H groups in total. The number of nitrogens with one attached hydrogen (secondary N) is 2. The first-order valence-corrected chi connectivity index (χ1v) is 9.83. The molecule has 7 nitrogen and oxygen atoms in total. The van der Waals surface area contributed by atoms with Crippen LogP contribution in [0.3, 0.4) is 0 Å². The lowest BCUT2D eigenvalue weighted by atomic mass is 10.1. The van der Waals surface area contributed by atoms with Crippen LogP contribution in [0.15, 0.2) is 42.5 Å². The van der Waals surface area contributed by atoms with Crippen molar-refractivity contribution in [1.29, 1.82) is 0 Å². The molecule has 7 heteroatoms. The van der Waals surface area contributed by atoms with E-state index in [1.165, 1.54) is 6.92 Å². The van der Waals surface area contributed by atoms with E-state index in [0.717, 1.165) is 41.3 Å². The van der Waals surface area contributed by atoms with Gasteiger partial charge >= 0.3 is 0 Å². The van der Waals surface area contributed by atoms with Crippen LogP contribution >= 0.6 is 0 Å². The summed E-state index contributed by atoms with van der Waals surface area (Å²) in [6, 6.07) is 13.7. The summed E-state index contributed by atoms with van der Waals surface area (Å²) in [7, 11) is 0. The smallest absolute Gasteiger partial charge is 0.251 e. The van der Waals surface area contributed by atoms with E-state index in [1.54, 1.807) is 0 Å². The van der Waals surface area contributed by atoms with Crippen LogP contribution < -0.4 is 15.5 Å². The minimum Gasteiger partial charge on any atom is -0.362 e. The summed E-state index contributed by atoms with van der Waals surface area (Å²) >= 11 is 0. The summed E-state index contributed by atoms with van der Waals surface area (Å²) in [5.41, 5.74) is 4.42. The van der Waals surface area contributed by atoms with Gasteiger partial charge in [0.2, 0.25) is 5.91 Å². The van der Waals surface area contributed by atoms with Gasteiger partial charge in [0.25, 0.3) is 5.91 Å². The molecule has 0 atom stereocenters.